The Morgan fingerprint density at radius 3 is 2.31 bits per heavy atom. The van der Waals surface area contributed by atoms with Crippen molar-refractivity contribution in [2.75, 3.05) is 4.72 Å². The van der Waals surface area contributed by atoms with Crippen LogP contribution in [0.2, 0.25) is 0 Å². The molecule has 9 heteroatoms. The second-order valence-corrected chi connectivity index (χ2v) is 8.87. The highest BCUT2D eigenvalue weighted by atomic mass is 32.2. The van der Waals surface area contributed by atoms with Crippen LogP contribution in [-0.2, 0) is 15.8 Å². The molecular formula is C23H18N6O2S. The van der Waals surface area contributed by atoms with Gasteiger partial charge in [-0.25, -0.2) is 8.42 Å². The molecule has 0 unspecified atom stereocenters. The van der Waals surface area contributed by atoms with Crippen LogP contribution in [0.15, 0.2) is 91.1 Å². The molecule has 5 rings (SSSR count). The Labute approximate surface area is 184 Å². The molecule has 2 aromatic carbocycles. The smallest absolute Gasteiger partial charge is 0.236 e. The van der Waals surface area contributed by atoms with Crippen LogP contribution in [0.3, 0.4) is 0 Å². The lowest BCUT2D eigenvalue weighted by Gasteiger charge is -2.09. The maximum Gasteiger partial charge on any atom is 0.236 e. The molecule has 0 spiro atoms. The summed E-state index contributed by atoms with van der Waals surface area (Å²) in [7, 11) is -3.52. The molecule has 0 saturated carbocycles. The standard InChI is InChI=1S/C23H18N6O2S/c30-32(31,16-17-6-2-1-3-7-17)28-19-11-9-18(10-12-19)20-13-14-22-25-26-23(29(22)27-20)21-8-4-5-15-24-21/h1-15,28H,16H2. The van der Waals surface area contributed by atoms with Crippen LogP contribution in [0.1, 0.15) is 5.56 Å². The molecular weight excluding hydrogens is 424 g/mol. The van der Waals surface area contributed by atoms with Crippen molar-refractivity contribution < 1.29 is 8.42 Å². The second-order valence-electron chi connectivity index (χ2n) is 7.15. The number of pyridine rings is 1. The number of fused-ring (bicyclic) bond motifs is 1. The molecule has 0 radical (unpaired) electrons. The number of hydrogen-bond donors (Lipinski definition) is 1. The summed E-state index contributed by atoms with van der Waals surface area (Å²) in [6.45, 7) is 0. The van der Waals surface area contributed by atoms with Gasteiger partial charge in [-0.15, -0.1) is 10.2 Å². The van der Waals surface area contributed by atoms with Crippen molar-refractivity contribution in [3.05, 3.63) is 96.7 Å². The van der Waals surface area contributed by atoms with E-state index < -0.39 is 10.0 Å². The van der Waals surface area contributed by atoms with Crippen LogP contribution >= 0.6 is 0 Å². The van der Waals surface area contributed by atoms with Crippen LogP contribution < -0.4 is 4.72 Å². The van der Waals surface area contributed by atoms with E-state index in [2.05, 4.69) is 25.0 Å². The predicted molar refractivity (Wildman–Crippen MR) is 122 cm³/mol. The third-order valence-corrected chi connectivity index (χ3v) is 6.07. The third kappa shape index (κ3) is 4.19. The number of rotatable bonds is 6. The van der Waals surface area contributed by atoms with Crippen molar-refractivity contribution in [3.8, 4) is 22.8 Å². The van der Waals surface area contributed by atoms with Gasteiger partial charge in [-0.3, -0.25) is 9.71 Å². The van der Waals surface area contributed by atoms with Crippen LogP contribution in [0.5, 0.6) is 0 Å². The van der Waals surface area contributed by atoms with E-state index in [1.807, 2.05) is 60.7 Å². The molecule has 0 bridgehead atoms. The molecule has 3 aromatic heterocycles. The summed E-state index contributed by atoms with van der Waals surface area (Å²) in [6, 6.07) is 25.4. The van der Waals surface area contributed by atoms with E-state index in [1.54, 1.807) is 35.0 Å². The van der Waals surface area contributed by atoms with Gasteiger partial charge in [-0.2, -0.15) is 9.61 Å². The first-order valence-corrected chi connectivity index (χ1v) is 11.5. The highest BCUT2D eigenvalue weighted by Crippen LogP contribution is 2.22. The van der Waals surface area contributed by atoms with E-state index in [9.17, 15) is 8.42 Å². The summed E-state index contributed by atoms with van der Waals surface area (Å²) in [5, 5.41) is 13.0. The zero-order valence-electron chi connectivity index (χ0n) is 16.8. The minimum Gasteiger partial charge on any atom is -0.283 e. The first-order valence-electron chi connectivity index (χ1n) is 9.86. The van der Waals surface area contributed by atoms with Gasteiger partial charge in [0, 0.05) is 17.4 Å². The number of nitrogens with one attached hydrogen (secondary N) is 1. The minimum absolute atomic E-state index is 0.0856. The van der Waals surface area contributed by atoms with Gasteiger partial charge in [-0.1, -0.05) is 48.5 Å². The van der Waals surface area contributed by atoms with Gasteiger partial charge in [0.15, 0.2) is 5.65 Å². The molecule has 158 valence electrons. The molecule has 5 aromatic rings. The fourth-order valence-electron chi connectivity index (χ4n) is 3.32. The van der Waals surface area contributed by atoms with Gasteiger partial charge in [0.25, 0.3) is 0 Å². The summed E-state index contributed by atoms with van der Waals surface area (Å²) >= 11 is 0. The molecule has 3 heterocycles. The first kappa shape index (κ1) is 19.8. The highest BCUT2D eigenvalue weighted by Gasteiger charge is 2.13. The van der Waals surface area contributed by atoms with Crippen LogP contribution in [0.4, 0.5) is 5.69 Å². The molecule has 0 amide bonds. The average molecular weight is 443 g/mol. The largest absolute Gasteiger partial charge is 0.283 e. The fraction of sp³-hybridized carbons (Fsp3) is 0.0435. The molecule has 0 aliphatic heterocycles. The Kier molecular flexibility index (Phi) is 5.08. The summed E-state index contributed by atoms with van der Waals surface area (Å²) in [4.78, 5) is 4.32. The predicted octanol–water partition coefficient (Wildman–Crippen LogP) is 3.80. The van der Waals surface area contributed by atoms with E-state index in [1.165, 1.54) is 0 Å². The van der Waals surface area contributed by atoms with Crippen molar-refractivity contribution >= 4 is 21.4 Å². The number of anilines is 1. The lowest BCUT2D eigenvalue weighted by atomic mass is 10.1. The Morgan fingerprint density at radius 1 is 0.781 bits per heavy atom. The van der Waals surface area contributed by atoms with Crippen molar-refractivity contribution in [1.29, 1.82) is 0 Å². The zero-order valence-corrected chi connectivity index (χ0v) is 17.6. The molecule has 8 nitrogen and oxygen atoms in total. The van der Waals surface area contributed by atoms with Gasteiger partial charge in [0.1, 0.15) is 5.69 Å². The lowest BCUT2D eigenvalue weighted by molar-refractivity contribution is 0.600. The third-order valence-electron chi connectivity index (χ3n) is 4.81. The van der Waals surface area contributed by atoms with Crippen molar-refractivity contribution in [2.24, 2.45) is 0 Å². The molecule has 0 fully saturated rings. The molecule has 1 N–H and O–H groups in total. The van der Waals surface area contributed by atoms with E-state index in [-0.39, 0.29) is 5.75 Å². The summed E-state index contributed by atoms with van der Waals surface area (Å²) in [5.41, 5.74) is 4.04. The second kappa shape index (κ2) is 8.20. The van der Waals surface area contributed by atoms with Crippen molar-refractivity contribution in [2.45, 2.75) is 5.75 Å². The Hall–Kier alpha value is -4.11. The Balaban J connectivity index is 1.39. The van der Waals surface area contributed by atoms with Crippen LogP contribution in [0.25, 0.3) is 28.4 Å². The van der Waals surface area contributed by atoms with Crippen LogP contribution in [0, 0.1) is 0 Å². The number of nitrogens with zero attached hydrogens (tertiary/aromatic N) is 5. The average Bonchev–Trinajstić information content (AvgIpc) is 3.23. The number of hydrogen-bond acceptors (Lipinski definition) is 6. The molecule has 32 heavy (non-hydrogen) atoms. The Bertz CT molecular complexity index is 1470. The first-order chi connectivity index (χ1) is 15.6. The quantitative estimate of drug-likeness (QED) is 0.429. The molecule has 0 saturated heterocycles. The molecule has 0 aliphatic carbocycles. The maximum absolute atomic E-state index is 12.5. The van der Waals surface area contributed by atoms with Crippen molar-refractivity contribution in [1.82, 2.24) is 24.8 Å². The SMILES string of the molecule is O=S(=O)(Cc1ccccc1)Nc1ccc(-c2ccc3nnc(-c4ccccn4)n3n2)cc1. The van der Waals surface area contributed by atoms with Gasteiger partial charge in [-0.05, 0) is 42.0 Å². The van der Waals surface area contributed by atoms with Gasteiger partial charge < -0.3 is 0 Å². The van der Waals surface area contributed by atoms with Gasteiger partial charge in [0.05, 0.1) is 11.4 Å². The highest BCUT2D eigenvalue weighted by molar-refractivity contribution is 7.91. The normalized spacial score (nSPS) is 11.5. The number of benzene rings is 2. The van der Waals surface area contributed by atoms with Gasteiger partial charge in [0.2, 0.25) is 15.8 Å². The van der Waals surface area contributed by atoms with E-state index >= 15 is 0 Å². The molecule has 0 aliphatic rings. The minimum atomic E-state index is -3.52. The summed E-state index contributed by atoms with van der Waals surface area (Å²) < 4.78 is 29.2. The van der Waals surface area contributed by atoms with E-state index in [0.29, 0.717) is 28.5 Å². The van der Waals surface area contributed by atoms with E-state index in [4.69, 9.17) is 0 Å². The zero-order chi connectivity index (χ0) is 22.0. The van der Waals surface area contributed by atoms with Crippen LogP contribution in [-0.4, -0.2) is 33.2 Å². The number of aromatic nitrogens is 5. The summed E-state index contributed by atoms with van der Waals surface area (Å²) in [5.74, 6) is 0.463. The topological polar surface area (TPSA) is 102 Å². The maximum atomic E-state index is 12.5. The lowest BCUT2D eigenvalue weighted by Crippen LogP contribution is -2.14. The monoisotopic (exact) mass is 442 g/mol. The Morgan fingerprint density at radius 2 is 1.56 bits per heavy atom. The summed E-state index contributed by atoms with van der Waals surface area (Å²) in [6.07, 6.45) is 1.69. The number of sulfonamides is 1. The van der Waals surface area contributed by atoms with Gasteiger partial charge >= 0.3 is 0 Å². The fourth-order valence-corrected chi connectivity index (χ4v) is 4.51. The van der Waals surface area contributed by atoms with Crippen molar-refractivity contribution in [3.63, 3.8) is 0 Å². The molecule has 0 atom stereocenters. The van der Waals surface area contributed by atoms with E-state index in [0.717, 1.165) is 11.1 Å².